The first kappa shape index (κ1) is 13.3. The molecule has 1 aliphatic carbocycles. The van der Waals surface area contributed by atoms with Crippen LogP contribution < -0.4 is 0 Å². The van der Waals surface area contributed by atoms with Crippen molar-refractivity contribution in [1.82, 2.24) is 4.90 Å². The van der Waals surface area contributed by atoms with Crippen molar-refractivity contribution in [1.29, 1.82) is 0 Å². The highest BCUT2D eigenvalue weighted by Crippen LogP contribution is 2.41. The molecule has 1 spiro atoms. The lowest BCUT2D eigenvalue weighted by Gasteiger charge is -2.42. The summed E-state index contributed by atoms with van der Waals surface area (Å²) in [4.78, 5) is 14.3. The summed E-state index contributed by atoms with van der Waals surface area (Å²) in [5.74, 6) is -0.603. The molecule has 1 amide bonds. The molecule has 5 nitrogen and oxygen atoms in total. The number of hydrogen-bond acceptors (Lipinski definition) is 4. The Hall–Kier alpha value is -0.650. The van der Waals surface area contributed by atoms with Gasteiger partial charge < -0.3 is 19.5 Å². The van der Waals surface area contributed by atoms with Crippen molar-refractivity contribution in [2.45, 2.75) is 56.3 Å². The minimum Gasteiger partial charge on any atom is -0.380 e. The zero-order valence-electron chi connectivity index (χ0n) is 11.4. The highest BCUT2D eigenvalue weighted by atomic mass is 16.7. The fourth-order valence-electron chi connectivity index (χ4n) is 3.44. The first-order valence-electron chi connectivity index (χ1n) is 7.43. The van der Waals surface area contributed by atoms with Gasteiger partial charge in [0.05, 0.1) is 13.2 Å². The van der Waals surface area contributed by atoms with Gasteiger partial charge in [-0.1, -0.05) is 0 Å². The van der Waals surface area contributed by atoms with Crippen LogP contribution in [0.4, 0.5) is 0 Å². The summed E-state index contributed by atoms with van der Waals surface area (Å²) in [6.07, 6.45) is 5.42. The molecule has 0 aromatic rings. The number of carbonyl (C=O) groups is 1. The summed E-state index contributed by atoms with van der Waals surface area (Å²) in [5.41, 5.74) is -1.20. The Balaban J connectivity index is 1.62. The Morgan fingerprint density at radius 1 is 0.947 bits per heavy atom. The molecule has 0 radical (unpaired) electrons. The van der Waals surface area contributed by atoms with Crippen LogP contribution in [-0.4, -0.2) is 53.6 Å². The number of piperidine rings is 1. The van der Waals surface area contributed by atoms with Gasteiger partial charge in [-0.2, -0.15) is 0 Å². The summed E-state index contributed by atoms with van der Waals surface area (Å²) in [6.45, 7) is 2.83. The first-order chi connectivity index (χ1) is 9.14. The average Bonchev–Trinajstić information content (AvgIpc) is 2.92. The SMILES string of the molecule is O=C(N1CCCCC1)C1(O)CCC2(CC1)OCCO2. The Kier molecular flexibility index (Phi) is 3.53. The summed E-state index contributed by atoms with van der Waals surface area (Å²) in [5, 5.41) is 10.6. The summed E-state index contributed by atoms with van der Waals surface area (Å²) in [6, 6.07) is 0. The highest BCUT2D eigenvalue weighted by molar-refractivity contribution is 5.85. The standard InChI is InChI=1S/C14H23NO4/c16-12(15-8-2-1-3-9-15)13(17)4-6-14(7-5-13)18-10-11-19-14/h17H,1-11H2. The molecule has 0 unspecified atom stereocenters. The number of rotatable bonds is 1. The van der Waals surface area contributed by atoms with Crippen molar-refractivity contribution in [3.8, 4) is 0 Å². The zero-order chi connectivity index (χ0) is 13.3. The Labute approximate surface area is 113 Å². The molecule has 1 saturated carbocycles. The van der Waals surface area contributed by atoms with Gasteiger partial charge in [0.2, 0.25) is 0 Å². The van der Waals surface area contributed by atoms with Gasteiger partial charge in [0.15, 0.2) is 5.79 Å². The largest absolute Gasteiger partial charge is 0.380 e. The van der Waals surface area contributed by atoms with Crippen molar-refractivity contribution in [2.24, 2.45) is 0 Å². The predicted octanol–water partition coefficient (Wildman–Crippen LogP) is 1.05. The van der Waals surface area contributed by atoms with E-state index in [0.717, 1.165) is 25.9 Å². The molecule has 0 atom stereocenters. The number of hydrogen-bond donors (Lipinski definition) is 1. The van der Waals surface area contributed by atoms with Gasteiger partial charge in [-0.05, 0) is 32.1 Å². The smallest absolute Gasteiger partial charge is 0.254 e. The number of likely N-dealkylation sites (tertiary alicyclic amines) is 1. The molecule has 3 fully saturated rings. The number of nitrogens with zero attached hydrogens (tertiary/aromatic N) is 1. The summed E-state index contributed by atoms with van der Waals surface area (Å²) < 4.78 is 11.3. The van der Waals surface area contributed by atoms with Crippen molar-refractivity contribution < 1.29 is 19.4 Å². The maximum atomic E-state index is 12.5. The summed E-state index contributed by atoms with van der Waals surface area (Å²) >= 11 is 0. The second-order valence-corrected chi connectivity index (χ2v) is 5.99. The van der Waals surface area contributed by atoms with Crippen molar-refractivity contribution in [3.63, 3.8) is 0 Å². The minimum atomic E-state index is -1.20. The van der Waals surface area contributed by atoms with Gasteiger partial charge in [-0.3, -0.25) is 4.79 Å². The van der Waals surface area contributed by atoms with E-state index in [1.807, 2.05) is 4.90 Å². The zero-order valence-corrected chi connectivity index (χ0v) is 11.4. The lowest BCUT2D eigenvalue weighted by molar-refractivity contribution is -0.206. The number of aliphatic hydroxyl groups is 1. The molecule has 1 N–H and O–H groups in total. The third kappa shape index (κ3) is 2.51. The molecule has 19 heavy (non-hydrogen) atoms. The maximum Gasteiger partial charge on any atom is 0.254 e. The second-order valence-electron chi connectivity index (χ2n) is 5.99. The fraction of sp³-hybridized carbons (Fsp3) is 0.929. The molecule has 5 heteroatoms. The van der Waals surface area contributed by atoms with E-state index in [4.69, 9.17) is 9.47 Å². The fourth-order valence-corrected chi connectivity index (χ4v) is 3.44. The third-order valence-corrected chi connectivity index (χ3v) is 4.69. The topological polar surface area (TPSA) is 59.0 Å². The van der Waals surface area contributed by atoms with Crippen LogP contribution in [0.5, 0.6) is 0 Å². The molecule has 2 aliphatic heterocycles. The quantitative estimate of drug-likeness (QED) is 0.773. The van der Waals surface area contributed by atoms with E-state index in [0.29, 0.717) is 38.9 Å². The minimum absolute atomic E-state index is 0.0833. The van der Waals surface area contributed by atoms with E-state index in [1.54, 1.807) is 0 Å². The van der Waals surface area contributed by atoms with E-state index in [2.05, 4.69) is 0 Å². The lowest BCUT2D eigenvalue weighted by Crippen LogP contribution is -2.54. The van der Waals surface area contributed by atoms with E-state index < -0.39 is 11.4 Å². The molecule has 108 valence electrons. The average molecular weight is 269 g/mol. The van der Waals surface area contributed by atoms with E-state index in [9.17, 15) is 9.90 Å². The number of ether oxygens (including phenoxy) is 2. The van der Waals surface area contributed by atoms with E-state index in [1.165, 1.54) is 6.42 Å². The van der Waals surface area contributed by atoms with Crippen molar-refractivity contribution in [3.05, 3.63) is 0 Å². The summed E-state index contributed by atoms with van der Waals surface area (Å²) in [7, 11) is 0. The normalized spacial score (nSPS) is 29.6. The molecule has 3 aliphatic rings. The second kappa shape index (κ2) is 5.04. The van der Waals surface area contributed by atoms with Crippen LogP contribution in [0.15, 0.2) is 0 Å². The Bertz CT molecular complexity index is 335. The van der Waals surface area contributed by atoms with Crippen LogP contribution in [0.3, 0.4) is 0 Å². The van der Waals surface area contributed by atoms with Crippen LogP contribution in [0, 0.1) is 0 Å². The van der Waals surface area contributed by atoms with Gasteiger partial charge in [0.1, 0.15) is 5.60 Å². The van der Waals surface area contributed by atoms with E-state index >= 15 is 0 Å². The van der Waals surface area contributed by atoms with Gasteiger partial charge in [-0.25, -0.2) is 0 Å². The van der Waals surface area contributed by atoms with Crippen molar-refractivity contribution >= 4 is 5.91 Å². The molecular formula is C14H23NO4. The molecular weight excluding hydrogens is 246 g/mol. The highest BCUT2D eigenvalue weighted by Gasteiger charge is 2.49. The molecule has 0 aromatic heterocycles. The number of amides is 1. The van der Waals surface area contributed by atoms with Gasteiger partial charge in [0.25, 0.3) is 5.91 Å². The van der Waals surface area contributed by atoms with Crippen LogP contribution in [-0.2, 0) is 14.3 Å². The molecule has 0 bridgehead atoms. The third-order valence-electron chi connectivity index (χ3n) is 4.69. The Morgan fingerprint density at radius 2 is 1.53 bits per heavy atom. The molecule has 2 saturated heterocycles. The van der Waals surface area contributed by atoms with Gasteiger partial charge in [0, 0.05) is 25.9 Å². The van der Waals surface area contributed by atoms with Crippen LogP contribution >= 0.6 is 0 Å². The van der Waals surface area contributed by atoms with Gasteiger partial charge >= 0.3 is 0 Å². The molecule has 2 heterocycles. The maximum absolute atomic E-state index is 12.5. The monoisotopic (exact) mass is 269 g/mol. The van der Waals surface area contributed by atoms with Crippen molar-refractivity contribution in [2.75, 3.05) is 26.3 Å². The molecule has 0 aromatic carbocycles. The molecule has 3 rings (SSSR count). The Morgan fingerprint density at radius 3 is 2.11 bits per heavy atom. The number of carbonyl (C=O) groups excluding carboxylic acids is 1. The first-order valence-corrected chi connectivity index (χ1v) is 7.43. The van der Waals surface area contributed by atoms with Crippen LogP contribution in [0.2, 0.25) is 0 Å². The van der Waals surface area contributed by atoms with Gasteiger partial charge in [-0.15, -0.1) is 0 Å². The van der Waals surface area contributed by atoms with E-state index in [-0.39, 0.29) is 5.91 Å². The predicted molar refractivity (Wildman–Crippen MR) is 68.5 cm³/mol. The lowest BCUT2D eigenvalue weighted by atomic mass is 9.80. The van der Waals surface area contributed by atoms with Crippen LogP contribution in [0.25, 0.3) is 0 Å². The van der Waals surface area contributed by atoms with Crippen LogP contribution in [0.1, 0.15) is 44.9 Å².